The second-order valence-electron chi connectivity index (χ2n) is 7.54. The van der Waals surface area contributed by atoms with Gasteiger partial charge >= 0.3 is 5.97 Å². The number of Topliss-reactive ketones (excluding diaryl/α,β-unsaturated/α-hetero) is 1. The summed E-state index contributed by atoms with van der Waals surface area (Å²) in [7, 11) is 0. The van der Waals surface area contributed by atoms with Gasteiger partial charge in [-0.1, -0.05) is 52.9 Å². The fourth-order valence-electron chi connectivity index (χ4n) is 3.07. The molecular formula is C22H42O4. The molecule has 0 heterocycles. The van der Waals surface area contributed by atoms with Gasteiger partial charge in [0.2, 0.25) is 0 Å². The predicted molar refractivity (Wildman–Crippen MR) is 107 cm³/mol. The Labute approximate surface area is 161 Å². The Balaban J connectivity index is 4.71. The molecule has 0 aliphatic carbocycles. The van der Waals surface area contributed by atoms with E-state index in [0.717, 1.165) is 51.4 Å². The number of esters is 1. The quantitative estimate of drug-likeness (QED) is 0.238. The molecule has 0 aliphatic heterocycles. The second kappa shape index (κ2) is 16.3. The van der Waals surface area contributed by atoms with Crippen LogP contribution in [0.2, 0.25) is 0 Å². The van der Waals surface area contributed by atoms with Gasteiger partial charge in [0, 0.05) is 18.9 Å². The van der Waals surface area contributed by atoms with Gasteiger partial charge in [-0.15, -0.1) is 0 Å². The minimum Gasteiger partial charge on any atom is -0.461 e. The van der Waals surface area contributed by atoms with Crippen LogP contribution < -0.4 is 0 Å². The lowest BCUT2D eigenvalue weighted by atomic mass is 9.89. The molecule has 0 aromatic heterocycles. The first-order chi connectivity index (χ1) is 12.5. The van der Waals surface area contributed by atoms with Crippen LogP contribution in [0.4, 0.5) is 0 Å². The lowest BCUT2D eigenvalue weighted by molar-refractivity contribution is -0.162. The Morgan fingerprint density at radius 1 is 0.808 bits per heavy atom. The summed E-state index contributed by atoms with van der Waals surface area (Å²) in [6, 6.07) is 0. The van der Waals surface area contributed by atoms with E-state index in [9.17, 15) is 9.59 Å². The van der Waals surface area contributed by atoms with E-state index in [-0.39, 0.29) is 18.0 Å². The summed E-state index contributed by atoms with van der Waals surface area (Å²) in [5.41, 5.74) is 0. The third kappa shape index (κ3) is 12.5. The predicted octanol–water partition coefficient (Wildman–Crippen LogP) is 5.86. The monoisotopic (exact) mass is 370 g/mol. The van der Waals surface area contributed by atoms with Gasteiger partial charge in [-0.05, 0) is 46.0 Å². The molecule has 0 bridgehead atoms. The number of carbonyl (C=O) groups is 2. The van der Waals surface area contributed by atoms with Crippen molar-refractivity contribution in [1.29, 1.82) is 0 Å². The van der Waals surface area contributed by atoms with Gasteiger partial charge in [0.15, 0.2) is 6.10 Å². The van der Waals surface area contributed by atoms with Crippen molar-refractivity contribution in [3.05, 3.63) is 0 Å². The fraction of sp³-hybridized carbons (Fsp3) is 0.909. The zero-order valence-electron chi connectivity index (χ0n) is 17.9. The Bertz CT molecular complexity index is 365. The maximum absolute atomic E-state index is 12.4. The van der Waals surface area contributed by atoms with E-state index in [1.807, 2.05) is 20.8 Å². The van der Waals surface area contributed by atoms with Crippen molar-refractivity contribution in [1.82, 2.24) is 0 Å². The van der Waals surface area contributed by atoms with Gasteiger partial charge < -0.3 is 9.47 Å². The Hall–Kier alpha value is -0.900. The molecule has 0 radical (unpaired) electrons. The van der Waals surface area contributed by atoms with Crippen LogP contribution in [0.25, 0.3) is 0 Å². The highest BCUT2D eigenvalue weighted by Gasteiger charge is 2.25. The molecule has 0 saturated carbocycles. The SMILES string of the molecule is CCCCCOC(CCC(CCCCC)C(=O)CCC)C(=O)OC(C)C. The van der Waals surface area contributed by atoms with Crippen molar-refractivity contribution in [2.45, 2.75) is 117 Å². The van der Waals surface area contributed by atoms with Crippen molar-refractivity contribution in [2.75, 3.05) is 6.61 Å². The van der Waals surface area contributed by atoms with Crippen LogP contribution in [0.1, 0.15) is 105 Å². The minimum atomic E-state index is -0.544. The minimum absolute atomic E-state index is 0.0510. The first-order valence-electron chi connectivity index (χ1n) is 10.8. The zero-order valence-corrected chi connectivity index (χ0v) is 17.9. The molecule has 2 atom stereocenters. The topological polar surface area (TPSA) is 52.6 Å². The number of rotatable bonds is 17. The molecule has 154 valence electrons. The summed E-state index contributed by atoms with van der Waals surface area (Å²) in [5, 5.41) is 0. The van der Waals surface area contributed by atoms with Crippen LogP contribution in [-0.4, -0.2) is 30.6 Å². The number of ketones is 1. The van der Waals surface area contributed by atoms with Crippen LogP contribution in [0, 0.1) is 5.92 Å². The molecule has 0 spiro atoms. The molecule has 4 heteroatoms. The summed E-state index contributed by atoms with van der Waals surface area (Å²) in [4.78, 5) is 24.8. The van der Waals surface area contributed by atoms with E-state index in [1.54, 1.807) is 0 Å². The highest BCUT2D eigenvalue weighted by molar-refractivity contribution is 5.81. The molecular weight excluding hydrogens is 328 g/mol. The maximum atomic E-state index is 12.4. The number of ether oxygens (including phenoxy) is 2. The van der Waals surface area contributed by atoms with E-state index >= 15 is 0 Å². The van der Waals surface area contributed by atoms with Crippen LogP contribution >= 0.6 is 0 Å². The van der Waals surface area contributed by atoms with Gasteiger partial charge in [-0.25, -0.2) is 4.79 Å². The van der Waals surface area contributed by atoms with Gasteiger partial charge in [0.25, 0.3) is 0 Å². The van der Waals surface area contributed by atoms with Gasteiger partial charge in [0.05, 0.1) is 6.10 Å². The van der Waals surface area contributed by atoms with Crippen molar-refractivity contribution >= 4 is 11.8 Å². The molecule has 0 fully saturated rings. The number of unbranched alkanes of at least 4 members (excludes halogenated alkanes) is 4. The normalized spacial score (nSPS) is 13.6. The number of carbonyl (C=O) groups excluding carboxylic acids is 2. The van der Waals surface area contributed by atoms with Crippen LogP contribution in [0.15, 0.2) is 0 Å². The van der Waals surface area contributed by atoms with E-state index in [2.05, 4.69) is 13.8 Å². The molecule has 0 saturated heterocycles. The summed E-state index contributed by atoms with van der Waals surface area (Å²) in [6.07, 6.45) is 9.60. The molecule has 4 nitrogen and oxygen atoms in total. The third-order valence-corrected chi connectivity index (χ3v) is 4.57. The zero-order chi connectivity index (χ0) is 19.8. The molecule has 0 aromatic carbocycles. The van der Waals surface area contributed by atoms with Crippen molar-refractivity contribution in [2.24, 2.45) is 5.92 Å². The average molecular weight is 371 g/mol. The Morgan fingerprint density at radius 2 is 1.46 bits per heavy atom. The van der Waals surface area contributed by atoms with Gasteiger partial charge in [-0.2, -0.15) is 0 Å². The largest absolute Gasteiger partial charge is 0.461 e. The standard InChI is InChI=1S/C22H42O4/c1-6-9-11-14-19(20(23)13-8-3)15-16-21(22(24)26-18(4)5)25-17-12-10-7-2/h18-19,21H,6-17H2,1-5H3. The van der Waals surface area contributed by atoms with E-state index in [1.165, 1.54) is 0 Å². The number of hydrogen-bond acceptors (Lipinski definition) is 4. The van der Waals surface area contributed by atoms with Crippen LogP contribution in [0.5, 0.6) is 0 Å². The van der Waals surface area contributed by atoms with E-state index in [4.69, 9.17) is 9.47 Å². The molecule has 2 unspecified atom stereocenters. The summed E-state index contributed by atoms with van der Waals surface area (Å²) in [6.45, 7) is 10.6. The molecule has 0 N–H and O–H groups in total. The Kier molecular flexibility index (Phi) is 15.7. The van der Waals surface area contributed by atoms with Crippen molar-refractivity contribution < 1.29 is 19.1 Å². The maximum Gasteiger partial charge on any atom is 0.335 e. The molecule has 0 aliphatic rings. The smallest absolute Gasteiger partial charge is 0.335 e. The van der Waals surface area contributed by atoms with Crippen LogP contribution in [-0.2, 0) is 19.1 Å². The summed E-state index contributed by atoms with van der Waals surface area (Å²) < 4.78 is 11.2. The van der Waals surface area contributed by atoms with Crippen molar-refractivity contribution in [3.63, 3.8) is 0 Å². The van der Waals surface area contributed by atoms with Crippen molar-refractivity contribution in [3.8, 4) is 0 Å². The summed E-state index contributed by atoms with van der Waals surface area (Å²) >= 11 is 0. The number of hydrogen-bond donors (Lipinski definition) is 0. The molecule has 0 aromatic rings. The average Bonchev–Trinajstić information content (AvgIpc) is 2.58. The lowest BCUT2D eigenvalue weighted by Gasteiger charge is -2.21. The van der Waals surface area contributed by atoms with Crippen LogP contribution in [0.3, 0.4) is 0 Å². The van der Waals surface area contributed by atoms with E-state index in [0.29, 0.717) is 31.7 Å². The molecule has 0 rings (SSSR count). The first-order valence-corrected chi connectivity index (χ1v) is 10.8. The van der Waals surface area contributed by atoms with Gasteiger partial charge in [-0.3, -0.25) is 4.79 Å². The second-order valence-corrected chi connectivity index (χ2v) is 7.54. The fourth-order valence-corrected chi connectivity index (χ4v) is 3.07. The lowest BCUT2D eigenvalue weighted by Crippen LogP contribution is -2.30. The highest BCUT2D eigenvalue weighted by atomic mass is 16.6. The first kappa shape index (κ1) is 25.1. The highest BCUT2D eigenvalue weighted by Crippen LogP contribution is 2.22. The third-order valence-electron chi connectivity index (χ3n) is 4.57. The molecule has 26 heavy (non-hydrogen) atoms. The Morgan fingerprint density at radius 3 is 2.04 bits per heavy atom. The van der Waals surface area contributed by atoms with E-state index < -0.39 is 6.10 Å². The van der Waals surface area contributed by atoms with Gasteiger partial charge in [0.1, 0.15) is 5.78 Å². The molecule has 0 amide bonds. The summed E-state index contributed by atoms with van der Waals surface area (Å²) in [5.74, 6) is 0.104.